The summed E-state index contributed by atoms with van der Waals surface area (Å²) in [5.74, 6) is 2.09. The molecule has 0 unspecified atom stereocenters. The zero-order valence-corrected chi connectivity index (χ0v) is 25.1. The molecule has 0 amide bonds. The van der Waals surface area contributed by atoms with Gasteiger partial charge in [-0.05, 0) is 28.8 Å². The Morgan fingerprint density at radius 2 is 0.787 bits per heavy atom. The lowest BCUT2D eigenvalue weighted by atomic mass is 9.99. The number of pyridine rings is 1. The molecule has 0 radical (unpaired) electrons. The minimum absolute atomic E-state index is 0.373. The van der Waals surface area contributed by atoms with E-state index in [1.54, 1.807) is 6.20 Å². The second kappa shape index (κ2) is 12.1. The van der Waals surface area contributed by atoms with Gasteiger partial charge in [0.1, 0.15) is 0 Å². The highest BCUT2D eigenvalue weighted by atomic mass is 16.1. The van der Waals surface area contributed by atoms with E-state index in [0.29, 0.717) is 28.9 Å². The normalized spacial score (nSPS) is 11.1. The Balaban J connectivity index is 1.34. The summed E-state index contributed by atoms with van der Waals surface area (Å²) in [4.78, 5) is 37.5. The average molecular weight is 607 g/mol. The van der Waals surface area contributed by atoms with Crippen molar-refractivity contribution in [3.8, 4) is 67.8 Å². The molecule has 0 saturated carbocycles. The first-order valence-corrected chi connectivity index (χ1v) is 15.2. The van der Waals surface area contributed by atoms with Crippen LogP contribution < -0.4 is 5.69 Å². The zero-order valence-electron chi connectivity index (χ0n) is 25.1. The lowest BCUT2D eigenvalue weighted by Gasteiger charge is -2.13. The van der Waals surface area contributed by atoms with Crippen LogP contribution >= 0.6 is 0 Å². The monoisotopic (exact) mass is 606 g/mol. The predicted octanol–water partition coefficient (Wildman–Crippen LogP) is 8.28. The molecule has 0 N–H and O–H groups in total. The van der Waals surface area contributed by atoms with Gasteiger partial charge in [0.25, 0.3) is 0 Å². The lowest BCUT2D eigenvalue weighted by molar-refractivity contribution is 0.950. The Morgan fingerprint density at radius 3 is 1.32 bits per heavy atom. The molecule has 0 aliphatic carbocycles. The molecule has 0 aliphatic rings. The van der Waals surface area contributed by atoms with Crippen LogP contribution in [0, 0.1) is 0 Å². The molecule has 0 bridgehead atoms. The maximum Gasteiger partial charge on any atom is 0.355 e. The van der Waals surface area contributed by atoms with Crippen LogP contribution in [0.2, 0.25) is 0 Å². The molecular weight excluding hydrogens is 580 g/mol. The summed E-state index contributed by atoms with van der Waals surface area (Å²) in [6.07, 6.45) is 1.80. The Kier molecular flexibility index (Phi) is 7.16. The second-order valence-electron chi connectivity index (χ2n) is 11.0. The van der Waals surface area contributed by atoms with Crippen LogP contribution in [0.1, 0.15) is 0 Å². The molecule has 7 nitrogen and oxygen atoms in total. The Labute approximate surface area is 270 Å². The van der Waals surface area contributed by atoms with Crippen molar-refractivity contribution in [3.05, 3.63) is 168 Å². The SMILES string of the molecule is O=c1nc(-c2ccccc2)nc2c(-c3cccc(-c4nc(-c5ccccc5)nc(-c5ccccc5)n4)c3)cc(-c3ccccc3)cn12. The molecule has 0 aliphatic heterocycles. The molecule has 0 atom stereocenters. The average Bonchev–Trinajstić information content (AvgIpc) is 3.16. The summed E-state index contributed by atoms with van der Waals surface area (Å²) in [6, 6.07) is 49.4. The van der Waals surface area contributed by atoms with Gasteiger partial charge in [-0.1, -0.05) is 140 Å². The van der Waals surface area contributed by atoms with E-state index >= 15 is 0 Å². The van der Waals surface area contributed by atoms with Crippen LogP contribution in [0.5, 0.6) is 0 Å². The van der Waals surface area contributed by atoms with Crippen LogP contribution in [0.4, 0.5) is 0 Å². The second-order valence-corrected chi connectivity index (χ2v) is 11.0. The summed E-state index contributed by atoms with van der Waals surface area (Å²) in [5.41, 5.74) is 6.97. The van der Waals surface area contributed by atoms with Gasteiger partial charge in [0.2, 0.25) is 0 Å². The first-order valence-electron chi connectivity index (χ1n) is 15.2. The van der Waals surface area contributed by atoms with Gasteiger partial charge >= 0.3 is 5.69 Å². The lowest BCUT2D eigenvalue weighted by Crippen LogP contribution is -2.20. The largest absolute Gasteiger partial charge is 0.355 e. The summed E-state index contributed by atoms with van der Waals surface area (Å²) < 4.78 is 1.53. The van der Waals surface area contributed by atoms with Crippen LogP contribution in [0.15, 0.2) is 163 Å². The van der Waals surface area contributed by atoms with E-state index in [0.717, 1.165) is 44.5 Å². The quantitative estimate of drug-likeness (QED) is 0.189. The van der Waals surface area contributed by atoms with Crippen molar-refractivity contribution in [1.82, 2.24) is 29.3 Å². The molecular formula is C40H26N6O. The Morgan fingerprint density at radius 1 is 0.362 bits per heavy atom. The number of benzene rings is 5. The molecule has 3 aromatic heterocycles. The molecule has 47 heavy (non-hydrogen) atoms. The third kappa shape index (κ3) is 5.58. The van der Waals surface area contributed by atoms with Crippen molar-refractivity contribution in [2.45, 2.75) is 0 Å². The molecule has 8 aromatic rings. The summed E-state index contributed by atoms with van der Waals surface area (Å²) in [7, 11) is 0. The van der Waals surface area contributed by atoms with E-state index in [9.17, 15) is 4.79 Å². The highest BCUT2D eigenvalue weighted by Crippen LogP contribution is 2.33. The third-order valence-electron chi connectivity index (χ3n) is 7.93. The highest BCUT2D eigenvalue weighted by molar-refractivity contribution is 5.85. The molecule has 0 fully saturated rings. The van der Waals surface area contributed by atoms with E-state index in [1.165, 1.54) is 4.40 Å². The van der Waals surface area contributed by atoms with Crippen molar-refractivity contribution < 1.29 is 0 Å². The van der Waals surface area contributed by atoms with E-state index in [-0.39, 0.29) is 0 Å². The molecule has 3 heterocycles. The number of hydrogen-bond donors (Lipinski definition) is 0. The van der Waals surface area contributed by atoms with Crippen molar-refractivity contribution >= 4 is 5.65 Å². The fraction of sp³-hybridized carbons (Fsp3) is 0. The van der Waals surface area contributed by atoms with E-state index in [1.807, 2.05) is 146 Å². The van der Waals surface area contributed by atoms with Gasteiger partial charge in [0.15, 0.2) is 28.9 Å². The van der Waals surface area contributed by atoms with Crippen LogP contribution in [0.25, 0.3) is 73.5 Å². The zero-order chi connectivity index (χ0) is 31.6. The fourth-order valence-corrected chi connectivity index (χ4v) is 5.60. The van der Waals surface area contributed by atoms with E-state index in [4.69, 9.17) is 19.9 Å². The van der Waals surface area contributed by atoms with Crippen LogP contribution in [0.3, 0.4) is 0 Å². The topological polar surface area (TPSA) is 85.9 Å². The summed E-state index contributed by atoms with van der Waals surface area (Å²) in [6.45, 7) is 0. The molecule has 222 valence electrons. The van der Waals surface area contributed by atoms with Crippen LogP contribution in [-0.2, 0) is 0 Å². The minimum Gasteiger partial charge on any atom is -0.250 e. The van der Waals surface area contributed by atoms with Gasteiger partial charge < -0.3 is 0 Å². The highest BCUT2D eigenvalue weighted by Gasteiger charge is 2.17. The molecule has 7 heteroatoms. The molecule has 5 aromatic carbocycles. The smallest absolute Gasteiger partial charge is 0.250 e. The fourth-order valence-electron chi connectivity index (χ4n) is 5.60. The van der Waals surface area contributed by atoms with Gasteiger partial charge in [0.05, 0.1) is 0 Å². The Bertz CT molecular complexity index is 2360. The molecule has 0 saturated heterocycles. The van der Waals surface area contributed by atoms with Gasteiger partial charge in [-0.3, -0.25) is 4.40 Å². The van der Waals surface area contributed by atoms with Crippen molar-refractivity contribution in [2.75, 3.05) is 0 Å². The van der Waals surface area contributed by atoms with Crippen molar-refractivity contribution in [2.24, 2.45) is 0 Å². The van der Waals surface area contributed by atoms with Crippen molar-refractivity contribution in [3.63, 3.8) is 0 Å². The van der Waals surface area contributed by atoms with Gasteiger partial charge in [-0.25, -0.2) is 24.7 Å². The number of nitrogens with zero attached hydrogens (tertiary/aromatic N) is 6. The minimum atomic E-state index is -0.401. The first kappa shape index (κ1) is 27.9. The first-order chi connectivity index (χ1) is 23.2. The van der Waals surface area contributed by atoms with Gasteiger partial charge in [0, 0.05) is 34.0 Å². The number of hydrogen-bond acceptors (Lipinski definition) is 6. The predicted molar refractivity (Wildman–Crippen MR) is 185 cm³/mol. The number of rotatable bonds is 6. The van der Waals surface area contributed by atoms with Crippen molar-refractivity contribution in [1.29, 1.82) is 0 Å². The molecule has 0 spiro atoms. The van der Waals surface area contributed by atoms with E-state index in [2.05, 4.69) is 11.1 Å². The van der Waals surface area contributed by atoms with E-state index < -0.39 is 5.69 Å². The van der Waals surface area contributed by atoms with Crippen LogP contribution in [-0.4, -0.2) is 29.3 Å². The van der Waals surface area contributed by atoms with Gasteiger partial charge in [-0.15, -0.1) is 0 Å². The standard InChI is InChI=1S/C40H26N6O/c47-40-45-37(30-20-11-4-12-21-30)44-39-34(25-33(26-46(39)40)27-14-5-1-6-15-27)31-22-13-23-32(24-31)38-42-35(28-16-7-2-8-17-28)41-36(43-38)29-18-9-3-10-19-29/h1-26H. The summed E-state index contributed by atoms with van der Waals surface area (Å²) in [5, 5.41) is 0. The van der Waals surface area contributed by atoms with Gasteiger partial charge in [-0.2, -0.15) is 4.98 Å². The Hall–Kier alpha value is -6.60. The summed E-state index contributed by atoms with van der Waals surface area (Å²) >= 11 is 0. The third-order valence-corrected chi connectivity index (χ3v) is 7.93. The number of aromatic nitrogens is 6. The number of fused-ring (bicyclic) bond motifs is 1. The maximum atomic E-state index is 13.6. The maximum absolute atomic E-state index is 13.6. The molecule has 8 rings (SSSR count).